The first-order chi connectivity index (χ1) is 14.1. The van der Waals surface area contributed by atoms with Gasteiger partial charge in [0.15, 0.2) is 9.84 Å². The van der Waals surface area contributed by atoms with Gasteiger partial charge < -0.3 is 9.52 Å². The maximum Gasteiger partial charge on any atom is 0.247 e. The summed E-state index contributed by atoms with van der Waals surface area (Å²) in [7, 11) is -3.30. The summed E-state index contributed by atoms with van der Waals surface area (Å²) >= 11 is 6.27. The second kappa shape index (κ2) is 8.56. The zero-order chi connectivity index (χ0) is 22.1. The molecule has 1 N–H and O–H groups in total. The van der Waals surface area contributed by atoms with Crippen LogP contribution in [-0.4, -0.2) is 36.1 Å². The van der Waals surface area contributed by atoms with Crippen LogP contribution in [0.5, 0.6) is 0 Å². The summed E-state index contributed by atoms with van der Waals surface area (Å²) in [6.07, 6.45) is 0.763. The minimum absolute atomic E-state index is 0.197. The Kier molecular flexibility index (Phi) is 6.27. The van der Waals surface area contributed by atoms with Gasteiger partial charge in [-0.1, -0.05) is 23.7 Å². The number of nitrogens with zero attached hydrogens (tertiary/aromatic N) is 3. The van der Waals surface area contributed by atoms with Gasteiger partial charge in [0.25, 0.3) is 0 Å². The van der Waals surface area contributed by atoms with Crippen LogP contribution >= 0.6 is 11.6 Å². The number of aromatic nitrogens is 2. The van der Waals surface area contributed by atoms with Gasteiger partial charge in [-0.25, -0.2) is 13.3 Å². The van der Waals surface area contributed by atoms with Crippen molar-refractivity contribution in [3.8, 4) is 11.5 Å². The van der Waals surface area contributed by atoms with Gasteiger partial charge >= 0.3 is 0 Å². The molecule has 0 bridgehead atoms. The summed E-state index contributed by atoms with van der Waals surface area (Å²) < 4.78 is 29.0. The predicted octanol–water partition coefficient (Wildman–Crippen LogP) is 4.36. The highest BCUT2D eigenvalue weighted by molar-refractivity contribution is 7.90. The molecule has 3 rings (SSSR count). The van der Waals surface area contributed by atoms with E-state index in [1.807, 2.05) is 13.0 Å². The van der Waals surface area contributed by atoms with Gasteiger partial charge in [-0.15, -0.1) is 10.2 Å². The van der Waals surface area contributed by atoms with E-state index in [-0.39, 0.29) is 16.7 Å². The summed E-state index contributed by atoms with van der Waals surface area (Å²) in [6.45, 7) is 10.6. The summed E-state index contributed by atoms with van der Waals surface area (Å²) in [6, 6.07) is 9.61. The van der Waals surface area contributed by atoms with Gasteiger partial charge in [-0.2, -0.15) is 0 Å². The molecule has 30 heavy (non-hydrogen) atoms. The van der Waals surface area contributed by atoms with Gasteiger partial charge in [-0.05, 0) is 55.7 Å². The van der Waals surface area contributed by atoms with Crippen molar-refractivity contribution in [2.45, 2.75) is 37.2 Å². The van der Waals surface area contributed by atoms with Crippen molar-refractivity contribution >= 4 is 27.1 Å². The molecule has 9 heteroatoms. The summed E-state index contributed by atoms with van der Waals surface area (Å²) in [5.41, 5.74) is 2.60. The van der Waals surface area contributed by atoms with Crippen molar-refractivity contribution in [1.29, 1.82) is 0 Å². The highest BCUT2D eigenvalue weighted by Crippen LogP contribution is 2.34. The molecule has 0 saturated heterocycles. The van der Waals surface area contributed by atoms with Crippen molar-refractivity contribution in [3.63, 3.8) is 0 Å². The Morgan fingerprint density at radius 1 is 1.20 bits per heavy atom. The van der Waals surface area contributed by atoms with Gasteiger partial charge in [0.05, 0.1) is 28.5 Å². The van der Waals surface area contributed by atoms with Crippen LogP contribution in [0.15, 0.2) is 45.7 Å². The Bertz CT molecular complexity index is 1210. The SMILES string of the molecule is [C-]#[N+]c1ccc(C[C@@H](c2nnc(-c3ccc(S(C)(=O)=O)cc3)o2)[C@H](C)O)c(C)c1Cl. The van der Waals surface area contributed by atoms with Gasteiger partial charge in [-0.3, -0.25) is 0 Å². The highest BCUT2D eigenvalue weighted by Gasteiger charge is 2.26. The molecule has 0 unspecified atom stereocenters. The number of hydrogen-bond acceptors (Lipinski definition) is 6. The Morgan fingerprint density at radius 2 is 1.87 bits per heavy atom. The van der Waals surface area contributed by atoms with Crippen molar-refractivity contribution in [1.82, 2.24) is 10.2 Å². The lowest BCUT2D eigenvalue weighted by Crippen LogP contribution is -2.18. The van der Waals surface area contributed by atoms with E-state index >= 15 is 0 Å². The van der Waals surface area contributed by atoms with E-state index in [0.717, 1.165) is 17.4 Å². The first-order valence-corrected chi connectivity index (χ1v) is 11.4. The highest BCUT2D eigenvalue weighted by atomic mass is 35.5. The molecule has 0 saturated carbocycles. The molecular formula is C21H20ClN3O4S. The summed E-state index contributed by atoms with van der Waals surface area (Å²) in [5.74, 6) is 0.0147. The Morgan fingerprint density at radius 3 is 2.43 bits per heavy atom. The zero-order valence-electron chi connectivity index (χ0n) is 16.6. The van der Waals surface area contributed by atoms with Crippen LogP contribution in [0.3, 0.4) is 0 Å². The van der Waals surface area contributed by atoms with Crippen LogP contribution in [-0.2, 0) is 16.3 Å². The average molecular weight is 446 g/mol. The van der Waals surface area contributed by atoms with Crippen molar-refractivity contribution in [2.24, 2.45) is 0 Å². The van der Waals surface area contributed by atoms with Gasteiger partial charge in [0, 0.05) is 11.8 Å². The Balaban J connectivity index is 1.90. The van der Waals surface area contributed by atoms with E-state index in [2.05, 4.69) is 15.0 Å². The number of sulfone groups is 1. The predicted molar refractivity (Wildman–Crippen MR) is 113 cm³/mol. The lowest BCUT2D eigenvalue weighted by atomic mass is 9.92. The van der Waals surface area contributed by atoms with Crippen LogP contribution in [0, 0.1) is 13.5 Å². The van der Waals surface area contributed by atoms with E-state index < -0.39 is 21.9 Å². The molecule has 0 radical (unpaired) electrons. The molecule has 2 aromatic carbocycles. The minimum atomic E-state index is -3.30. The van der Waals surface area contributed by atoms with Crippen LogP contribution in [0.1, 0.15) is 29.9 Å². The lowest BCUT2D eigenvalue weighted by Gasteiger charge is -2.18. The largest absolute Gasteiger partial charge is 0.420 e. The molecule has 0 fully saturated rings. The van der Waals surface area contributed by atoms with Crippen molar-refractivity contribution < 1.29 is 17.9 Å². The standard InChI is InChI=1S/C21H20ClN3O4S/c1-12-15(7-10-18(23-3)19(12)22)11-17(13(2)26)21-25-24-20(29-21)14-5-8-16(9-6-14)30(4,27)28/h5-10,13,17,26H,11H2,1-2,4H3/t13-,17+/m0/s1. The minimum Gasteiger partial charge on any atom is -0.420 e. The maximum absolute atomic E-state index is 11.6. The van der Waals surface area contributed by atoms with Crippen LogP contribution in [0.4, 0.5) is 5.69 Å². The average Bonchev–Trinajstić information content (AvgIpc) is 3.18. The molecule has 0 amide bonds. The van der Waals surface area contributed by atoms with E-state index in [4.69, 9.17) is 22.6 Å². The molecule has 0 aliphatic carbocycles. The van der Waals surface area contributed by atoms with Crippen LogP contribution < -0.4 is 0 Å². The maximum atomic E-state index is 11.6. The molecule has 7 nitrogen and oxygen atoms in total. The number of rotatable bonds is 6. The fourth-order valence-corrected chi connectivity index (χ4v) is 3.92. The fourth-order valence-electron chi connectivity index (χ4n) is 3.07. The monoisotopic (exact) mass is 445 g/mol. The van der Waals surface area contributed by atoms with Crippen LogP contribution in [0.2, 0.25) is 5.02 Å². The third-order valence-electron chi connectivity index (χ3n) is 4.91. The van der Waals surface area contributed by atoms with E-state index in [0.29, 0.717) is 22.7 Å². The topological polar surface area (TPSA) is 97.7 Å². The van der Waals surface area contributed by atoms with E-state index in [1.54, 1.807) is 25.1 Å². The molecule has 3 aromatic rings. The van der Waals surface area contributed by atoms with Crippen molar-refractivity contribution in [3.05, 3.63) is 69.9 Å². The molecule has 1 aromatic heterocycles. The molecule has 0 aliphatic heterocycles. The Hall–Kier alpha value is -2.73. The normalized spacial score (nSPS) is 13.6. The molecule has 156 valence electrons. The lowest BCUT2D eigenvalue weighted by molar-refractivity contribution is 0.148. The number of benzene rings is 2. The first kappa shape index (κ1) is 22.0. The second-order valence-electron chi connectivity index (χ2n) is 7.09. The first-order valence-electron chi connectivity index (χ1n) is 9.09. The number of hydrogen-bond donors (Lipinski definition) is 1. The summed E-state index contributed by atoms with van der Waals surface area (Å²) in [4.78, 5) is 3.59. The second-order valence-corrected chi connectivity index (χ2v) is 9.48. The quantitative estimate of drug-likeness (QED) is 0.566. The summed E-state index contributed by atoms with van der Waals surface area (Å²) in [5, 5.41) is 18.8. The van der Waals surface area contributed by atoms with Crippen LogP contribution in [0.25, 0.3) is 16.3 Å². The molecule has 0 spiro atoms. The van der Waals surface area contributed by atoms with Gasteiger partial charge in [0.1, 0.15) is 0 Å². The Labute approximate surface area is 180 Å². The van der Waals surface area contributed by atoms with Gasteiger partial charge in [0.2, 0.25) is 17.5 Å². The fraction of sp³-hybridized carbons (Fsp3) is 0.286. The molecule has 1 heterocycles. The van der Waals surface area contributed by atoms with E-state index in [1.165, 1.54) is 12.1 Å². The molecular weight excluding hydrogens is 426 g/mol. The third-order valence-corrected chi connectivity index (χ3v) is 6.51. The smallest absolute Gasteiger partial charge is 0.247 e. The number of aliphatic hydroxyl groups excluding tert-OH is 1. The number of aliphatic hydroxyl groups is 1. The third kappa shape index (κ3) is 4.54. The zero-order valence-corrected chi connectivity index (χ0v) is 18.2. The van der Waals surface area contributed by atoms with E-state index in [9.17, 15) is 13.5 Å². The molecule has 0 aliphatic rings. The van der Waals surface area contributed by atoms with Crippen molar-refractivity contribution in [2.75, 3.05) is 6.26 Å². The molecule has 2 atom stereocenters. The number of halogens is 1.